The molecule has 0 aliphatic heterocycles. The highest BCUT2D eigenvalue weighted by Gasteiger charge is 2.21. The molecule has 114 valence electrons. The Morgan fingerprint density at radius 2 is 2.24 bits per heavy atom. The van der Waals surface area contributed by atoms with Crippen LogP contribution in [0.5, 0.6) is 5.75 Å². The minimum Gasteiger partial charge on any atom is -0.496 e. The molecule has 3 N–H and O–H groups in total. The number of aliphatic hydroxyl groups is 1. The van der Waals surface area contributed by atoms with E-state index in [2.05, 4.69) is 14.9 Å². The van der Waals surface area contributed by atoms with Gasteiger partial charge in [0.15, 0.2) is 5.03 Å². The number of halogens is 1. The molecular weight excluding hydrogens is 318 g/mol. The van der Waals surface area contributed by atoms with Gasteiger partial charge in [0.2, 0.25) is 0 Å². The lowest BCUT2D eigenvalue weighted by Crippen LogP contribution is -2.25. The quantitative estimate of drug-likeness (QED) is 0.733. The number of nitrogens with zero attached hydrogens (tertiary/aromatic N) is 1. The van der Waals surface area contributed by atoms with Crippen molar-refractivity contribution in [3.8, 4) is 5.75 Å². The average Bonchev–Trinajstić information content (AvgIpc) is 2.95. The predicted molar refractivity (Wildman–Crippen MR) is 76.5 cm³/mol. The lowest BCUT2D eigenvalue weighted by atomic mass is 10.2. The third-order valence-corrected chi connectivity index (χ3v) is 4.62. The molecule has 0 saturated heterocycles. The van der Waals surface area contributed by atoms with E-state index in [1.165, 1.54) is 13.3 Å². The minimum atomic E-state index is -3.84. The summed E-state index contributed by atoms with van der Waals surface area (Å²) in [7, 11) is -2.37. The van der Waals surface area contributed by atoms with E-state index in [1.807, 2.05) is 0 Å². The van der Waals surface area contributed by atoms with Crippen LogP contribution < -0.4 is 9.46 Å². The van der Waals surface area contributed by atoms with Gasteiger partial charge in [-0.05, 0) is 12.1 Å². The number of sulfonamides is 1. The Balaban J connectivity index is 2.24. The molecule has 0 radical (unpaired) electrons. The molecule has 1 aromatic heterocycles. The first kappa shape index (κ1) is 15.8. The van der Waals surface area contributed by atoms with Crippen LogP contribution in [0.25, 0.3) is 0 Å². The number of hydrogen-bond donors (Lipinski definition) is 3. The molecule has 2 aromatic rings. The third kappa shape index (κ3) is 3.35. The molecule has 1 heterocycles. The smallest absolute Gasteiger partial charge is 0.258 e. The van der Waals surface area contributed by atoms with E-state index < -0.39 is 16.6 Å². The van der Waals surface area contributed by atoms with Crippen molar-refractivity contribution >= 4 is 21.6 Å². The highest BCUT2D eigenvalue weighted by atomic mass is 35.5. The maximum atomic E-state index is 12.2. The maximum absolute atomic E-state index is 12.2. The second kappa shape index (κ2) is 6.44. The van der Waals surface area contributed by atoms with Gasteiger partial charge in [0.25, 0.3) is 10.0 Å². The van der Waals surface area contributed by atoms with Crippen LogP contribution in [-0.2, 0) is 23.2 Å². The van der Waals surface area contributed by atoms with Crippen LogP contribution in [0, 0.1) is 0 Å². The SMILES string of the molecule is COc1cccc(Cl)c1CNS(=O)(=O)c1[nH]ncc1CO. The molecule has 0 unspecified atom stereocenters. The number of nitrogens with one attached hydrogen (secondary N) is 2. The molecule has 1 aromatic carbocycles. The van der Waals surface area contributed by atoms with Crippen LogP contribution in [0.2, 0.25) is 5.02 Å². The lowest BCUT2D eigenvalue weighted by molar-refractivity contribution is 0.278. The minimum absolute atomic E-state index is 0.0466. The monoisotopic (exact) mass is 331 g/mol. The summed E-state index contributed by atoms with van der Waals surface area (Å²) in [6, 6.07) is 5.03. The van der Waals surface area contributed by atoms with Gasteiger partial charge in [0.05, 0.1) is 19.9 Å². The largest absolute Gasteiger partial charge is 0.496 e. The summed E-state index contributed by atoms with van der Waals surface area (Å²) >= 11 is 6.05. The van der Waals surface area contributed by atoms with Crippen LogP contribution in [0.3, 0.4) is 0 Å². The number of rotatable bonds is 6. The molecule has 9 heteroatoms. The van der Waals surface area contributed by atoms with Gasteiger partial charge in [-0.25, -0.2) is 13.1 Å². The summed E-state index contributed by atoms with van der Waals surface area (Å²) < 4.78 is 31.9. The first-order valence-electron chi connectivity index (χ1n) is 5.93. The Bertz CT molecular complexity index is 730. The highest BCUT2D eigenvalue weighted by molar-refractivity contribution is 7.89. The van der Waals surface area contributed by atoms with Gasteiger partial charge in [-0.15, -0.1) is 0 Å². The normalized spacial score (nSPS) is 11.6. The fourth-order valence-electron chi connectivity index (χ4n) is 1.79. The molecule has 0 saturated carbocycles. The van der Waals surface area contributed by atoms with E-state index in [4.69, 9.17) is 21.4 Å². The fourth-order valence-corrected chi connectivity index (χ4v) is 3.13. The van der Waals surface area contributed by atoms with Crippen molar-refractivity contribution in [1.29, 1.82) is 0 Å². The van der Waals surface area contributed by atoms with Gasteiger partial charge < -0.3 is 9.84 Å². The molecule has 0 atom stereocenters. The van der Waals surface area contributed by atoms with Crippen molar-refractivity contribution in [3.63, 3.8) is 0 Å². The third-order valence-electron chi connectivity index (χ3n) is 2.85. The number of hydrogen-bond acceptors (Lipinski definition) is 5. The van der Waals surface area contributed by atoms with Gasteiger partial charge in [-0.3, -0.25) is 5.10 Å². The number of aromatic amines is 1. The fraction of sp³-hybridized carbons (Fsp3) is 0.250. The average molecular weight is 332 g/mol. The van der Waals surface area contributed by atoms with Crippen LogP contribution in [0.1, 0.15) is 11.1 Å². The maximum Gasteiger partial charge on any atom is 0.258 e. The zero-order chi connectivity index (χ0) is 15.5. The predicted octanol–water partition coefficient (Wildman–Crippen LogP) is 1.04. The van der Waals surface area contributed by atoms with Crippen molar-refractivity contribution in [1.82, 2.24) is 14.9 Å². The second-order valence-electron chi connectivity index (χ2n) is 4.13. The topological polar surface area (TPSA) is 104 Å². The molecule has 0 amide bonds. The number of methoxy groups -OCH3 is 1. The standard InChI is InChI=1S/C12H14ClN3O4S/c1-20-11-4-2-3-10(13)9(11)6-15-21(18,19)12-8(7-17)5-14-16-12/h2-5,15,17H,6-7H2,1H3,(H,14,16). The van der Waals surface area contributed by atoms with Gasteiger partial charge in [-0.1, -0.05) is 17.7 Å². The van der Waals surface area contributed by atoms with Crippen LogP contribution >= 0.6 is 11.6 Å². The first-order valence-corrected chi connectivity index (χ1v) is 7.80. The van der Waals surface area contributed by atoms with E-state index in [0.29, 0.717) is 16.3 Å². The lowest BCUT2D eigenvalue weighted by Gasteiger charge is -2.11. The molecule has 0 aliphatic carbocycles. The summed E-state index contributed by atoms with van der Waals surface area (Å²) in [5, 5.41) is 15.3. The number of H-pyrrole nitrogens is 1. The molecule has 7 nitrogen and oxygen atoms in total. The van der Waals surface area contributed by atoms with Crippen molar-refractivity contribution in [2.24, 2.45) is 0 Å². The zero-order valence-electron chi connectivity index (χ0n) is 11.1. The summed E-state index contributed by atoms with van der Waals surface area (Å²) in [6.07, 6.45) is 1.25. The Hall–Kier alpha value is -1.61. The van der Waals surface area contributed by atoms with E-state index in [-0.39, 0.29) is 17.1 Å². The Kier molecular flexibility index (Phi) is 4.84. The molecular formula is C12H14ClN3O4S. The molecule has 2 rings (SSSR count). The molecule has 0 bridgehead atoms. The summed E-state index contributed by atoms with van der Waals surface area (Å²) in [5.74, 6) is 0.484. The zero-order valence-corrected chi connectivity index (χ0v) is 12.7. The molecule has 21 heavy (non-hydrogen) atoms. The Morgan fingerprint density at radius 1 is 1.48 bits per heavy atom. The number of ether oxygens (including phenoxy) is 1. The van der Waals surface area contributed by atoms with Gasteiger partial charge in [0.1, 0.15) is 5.75 Å². The summed E-state index contributed by atoms with van der Waals surface area (Å²) in [5.41, 5.74) is 0.712. The molecule has 0 spiro atoms. The van der Waals surface area contributed by atoms with Crippen molar-refractivity contribution in [2.75, 3.05) is 7.11 Å². The number of aliphatic hydroxyl groups excluding tert-OH is 1. The number of benzene rings is 1. The summed E-state index contributed by atoms with van der Waals surface area (Å²) in [4.78, 5) is 0. The highest BCUT2D eigenvalue weighted by Crippen LogP contribution is 2.26. The van der Waals surface area contributed by atoms with Crippen molar-refractivity contribution < 1.29 is 18.3 Å². The van der Waals surface area contributed by atoms with E-state index in [1.54, 1.807) is 18.2 Å². The second-order valence-corrected chi connectivity index (χ2v) is 6.24. The Labute approximate surface area is 127 Å². The van der Waals surface area contributed by atoms with E-state index >= 15 is 0 Å². The van der Waals surface area contributed by atoms with Crippen LogP contribution in [0.15, 0.2) is 29.4 Å². The number of aromatic nitrogens is 2. The summed E-state index contributed by atoms with van der Waals surface area (Å²) in [6.45, 7) is -0.475. The van der Waals surface area contributed by atoms with E-state index in [9.17, 15) is 8.42 Å². The van der Waals surface area contributed by atoms with Crippen molar-refractivity contribution in [2.45, 2.75) is 18.2 Å². The van der Waals surface area contributed by atoms with Crippen LogP contribution in [0.4, 0.5) is 0 Å². The van der Waals surface area contributed by atoms with Crippen LogP contribution in [-0.4, -0.2) is 30.8 Å². The van der Waals surface area contributed by atoms with Gasteiger partial charge in [0, 0.05) is 22.7 Å². The molecule has 0 aliphatic rings. The Morgan fingerprint density at radius 3 is 2.90 bits per heavy atom. The van der Waals surface area contributed by atoms with Crippen molar-refractivity contribution in [3.05, 3.63) is 40.5 Å². The first-order chi connectivity index (χ1) is 9.99. The molecule has 0 fully saturated rings. The van der Waals surface area contributed by atoms with Gasteiger partial charge >= 0.3 is 0 Å². The van der Waals surface area contributed by atoms with Gasteiger partial charge in [-0.2, -0.15) is 5.10 Å². The van der Waals surface area contributed by atoms with E-state index in [0.717, 1.165) is 0 Å².